The molecule has 0 heterocycles. The Morgan fingerprint density at radius 1 is 1.44 bits per heavy atom. The number of sulfonamides is 1. The van der Waals surface area contributed by atoms with Crippen LogP contribution < -0.4 is 4.72 Å². The molecule has 0 saturated carbocycles. The summed E-state index contributed by atoms with van der Waals surface area (Å²) in [6.07, 6.45) is 0.762. The van der Waals surface area contributed by atoms with Crippen LogP contribution in [0.3, 0.4) is 0 Å². The van der Waals surface area contributed by atoms with Crippen molar-refractivity contribution < 1.29 is 8.42 Å². The van der Waals surface area contributed by atoms with Crippen LogP contribution in [-0.4, -0.2) is 20.8 Å². The molecule has 102 valence electrons. The zero-order valence-corrected chi connectivity index (χ0v) is 13.7. The summed E-state index contributed by atoms with van der Waals surface area (Å²) in [4.78, 5) is 0.0884. The molecular formula is C11H14BrCl2NO2S. The highest BCUT2D eigenvalue weighted by Crippen LogP contribution is 2.25. The number of benzene rings is 1. The number of rotatable bonds is 6. The van der Waals surface area contributed by atoms with Gasteiger partial charge in [-0.05, 0) is 30.5 Å². The molecule has 3 nitrogen and oxygen atoms in total. The molecule has 0 aromatic heterocycles. The Balaban J connectivity index is 2.80. The van der Waals surface area contributed by atoms with E-state index in [0.29, 0.717) is 12.4 Å². The second-order valence-electron chi connectivity index (χ2n) is 4.01. The van der Waals surface area contributed by atoms with Gasteiger partial charge in [-0.1, -0.05) is 34.5 Å². The van der Waals surface area contributed by atoms with Crippen molar-refractivity contribution in [1.82, 2.24) is 4.72 Å². The van der Waals surface area contributed by atoms with Gasteiger partial charge in [0.1, 0.15) is 4.90 Å². The quantitative estimate of drug-likeness (QED) is 0.772. The molecule has 0 saturated heterocycles. The molecule has 0 aliphatic rings. The van der Waals surface area contributed by atoms with Crippen molar-refractivity contribution in [3.8, 4) is 0 Å². The fourth-order valence-corrected chi connectivity index (χ4v) is 3.88. The third-order valence-electron chi connectivity index (χ3n) is 2.41. The smallest absolute Gasteiger partial charge is 0.211 e. The van der Waals surface area contributed by atoms with Crippen LogP contribution in [0.5, 0.6) is 0 Å². The Morgan fingerprint density at radius 2 is 2.11 bits per heavy atom. The molecule has 0 radical (unpaired) electrons. The average Bonchev–Trinajstić information content (AvgIpc) is 2.26. The van der Waals surface area contributed by atoms with Crippen LogP contribution in [-0.2, 0) is 10.0 Å². The van der Waals surface area contributed by atoms with E-state index in [9.17, 15) is 8.42 Å². The largest absolute Gasteiger partial charge is 0.242 e. The molecule has 0 bridgehead atoms. The molecule has 0 aliphatic carbocycles. The molecule has 0 aliphatic heterocycles. The summed E-state index contributed by atoms with van der Waals surface area (Å²) < 4.78 is 27.3. The van der Waals surface area contributed by atoms with E-state index in [4.69, 9.17) is 23.2 Å². The van der Waals surface area contributed by atoms with Crippen LogP contribution in [0, 0.1) is 5.92 Å². The molecule has 18 heavy (non-hydrogen) atoms. The van der Waals surface area contributed by atoms with E-state index in [1.54, 1.807) is 12.1 Å². The fraction of sp³-hybridized carbons (Fsp3) is 0.455. The van der Waals surface area contributed by atoms with Crippen molar-refractivity contribution in [2.75, 3.05) is 12.4 Å². The molecule has 0 fully saturated rings. The normalized spacial score (nSPS) is 13.6. The summed E-state index contributed by atoms with van der Waals surface area (Å²) in [7, 11) is -3.57. The number of alkyl halides is 1. The maximum absolute atomic E-state index is 12.0. The van der Waals surface area contributed by atoms with Crippen molar-refractivity contribution in [2.45, 2.75) is 18.2 Å². The highest BCUT2D eigenvalue weighted by molar-refractivity contribution is 9.10. The van der Waals surface area contributed by atoms with Crippen LogP contribution >= 0.6 is 39.1 Å². The molecule has 1 N–H and O–H groups in total. The second-order valence-corrected chi connectivity index (χ2v) is 7.45. The van der Waals surface area contributed by atoms with Crippen LogP contribution in [0.4, 0.5) is 0 Å². The lowest BCUT2D eigenvalue weighted by Crippen LogP contribution is -2.28. The van der Waals surface area contributed by atoms with Crippen molar-refractivity contribution in [3.05, 3.63) is 27.7 Å². The van der Waals surface area contributed by atoms with Crippen LogP contribution in [0.1, 0.15) is 13.3 Å². The van der Waals surface area contributed by atoms with E-state index in [1.807, 2.05) is 6.92 Å². The molecule has 1 atom stereocenters. The standard InChI is InChI=1S/C11H14BrCl2NO2S/c1-8(4-5-13)7-15-18(16,17)11-3-2-9(12)6-10(11)14/h2-3,6,8,15H,4-5,7H2,1H3. The lowest BCUT2D eigenvalue weighted by atomic mass is 10.1. The predicted molar refractivity (Wildman–Crippen MR) is 78.8 cm³/mol. The van der Waals surface area contributed by atoms with Gasteiger partial charge >= 0.3 is 0 Å². The van der Waals surface area contributed by atoms with Gasteiger partial charge in [0.25, 0.3) is 0 Å². The highest BCUT2D eigenvalue weighted by atomic mass is 79.9. The Bertz CT molecular complexity index is 508. The minimum Gasteiger partial charge on any atom is -0.211 e. The SMILES string of the molecule is CC(CCCl)CNS(=O)(=O)c1ccc(Br)cc1Cl. The molecule has 1 unspecified atom stereocenters. The lowest BCUT2D eigenvalue weighted by Gasteiger charge is -2.12. The summed E-state index contributed by atoms with van der Waals surface area (Å²) in [5.74, 6) is 0.702. The van der Waals surface area contributed by atoms with Gasteiger partial charge in [-0.2, -0.15) is 0 Å². The first-order valence-corrected chi connectivity index (χ1v) is 8.56. The topological polar surface area (TPSA) is 46.2 Å². The molecular weight excluding hydrogens is 361 g/mol. The third-order valence-corrected chi connectivity index (χ3v) is 5.03. The summed E-state index contributed by atoms with van der Waals surface area (Å²) >= 11 is 14.8. The Hall–Kier alpha value is 0.190. The molecule has 1 aromatic rings. The van der Waals surface area contributed by atoms with Gasteiger partial charge in [0.2, 0.25) is 10.0 Å². The molecule has 7 heteroatoms. The Morgan fingerprint density at radius 3 is 2.67 bits per heavy atom. The fourth-order valence-electron chi connectivity index (χ4n) is 1.31. The molecule has 1 aromatic carbocycles. The van der Waals surface area contributed by atoms with Crippen LogP contribution in [0.2, 0.25) is 5.02 Å². The zero-order valence-electron chi connectivity index (χ0n) is 9.79. The van der Waals surface area contributed by atoms with Gasteiger partial charge in [0.15, 0.2) is 0 Å². The lowest BCUT2D eigenvalue weighted by molar-refractivity contribution is 0.530. The third kappa shape index (κ3) is 4.70. The zero-order chi connectivity index (χ0) is 13.8. The maximum Gasteiger partial charge on any atom is 0.242 e. The van der Waals surface area contributed by atoms with Crippen molar-refractivity contribution in [1.29, 1.82) is 0 Å². The summed E-state index contributed by atoms with van der Waals surface area (Å²) in [6.45, 7) is 2.29. The maximum atomic E-state index is 12.0. The average molecular weight is 375 g/mol. The minimum atomic E-state index is -3.57. The van der Waals surface area contributed by atoms with E-state index < -0.39 is 10.0 Å². The van der Waals surface area contributed by atoms with E-state index in [1.165, 1.54) is 6.07 Å². The van der Waals surface area contributed by atoms with Gasteiger partial charge < -0.3 is 0 Å². The minimum absolute atomic E-state index is 0.0884. The second kappa shape index (κ2) is 7.10. The first kappa shape index (κ1) is 16.2. The monoisotopic (exact) mass is 373 g/mol. The van der Waals surface area contributed by atoms with Crippen LogP contribution in [0.15, 0.2) is 27.6 Å². The van der Waals surface area contributed by atoms with Crippen molar-refractivity contribution in [2.24, 2.45) is 5.92 Å². The predicted octanol–water partition coefficient (Wildman–Crippen LogP) is 3.65. The van der Waals surface area contributed by atoms with Crippen LogP contribution in [0.25, 0.3) is 0 Å². The van der Waals surface area contributed by atoms with Crippen molar-refractivity contribution >= 4 is 49.2 Å². The van der Waals surface area contributed by atoms with Crippen molar-refractivity contribution in [3.63, 3.8) is 0 Å². The van der Waals surface area contributed by atoms with E-state index in [0.717, 1.165) is 10.9 Å². The van der Waals surface area contributed by atoms with Gasteiger partial charge in [0.05, 0.1) is 5.02 Å². The van der Waals surface area contributed by atoms with Gasteiger partial charge in [-0.25, -0.2) is 13.1 Å². The highest BCUT2D eigenvalue weighted by Gasteiger charge is 2.18. The Kier molecular flexibility index (Phi) is 6.41. The Labute approximate surface area is 126 Å². The summed E-state index contributed by atoms with van der Waals surface area (Å²) in [5.41, 5.74) is 0. The molecule has 0 spiro atoms. The first-order valence-electron chi connectivity index (χ1n) is 5.37. The molecule has 0 amide bonds. The number of hydrogen-bond acceptors (Lipinski definition) is 2. The number of halogens is 3. The number of hydrogen-bond donors (Lipinski definition) is 1. The molecule has 1 rings (SSSR count). The van der Waals surface area contributed by atoms with Gasteiger partial charge in [-0.15, -0.1) is 11.6 Å². The summed E-state index contributed by atoms with van der Waals surface area (Å²) in [6, 6.07) is 4.67. The first-order chi connectivity index (χ1) is 8.36. The van der Waals surface area contributed by atoms with E-state index in [-0.39, 0.29) is 15.8 Å². The van der Waals surface area contributed by atoms with Gasteiger partial charge in [-0.3, -0.25) is 0 Å². The van der Waals surface area contributed by atoms with E-state index in [2.05, 4.69) is 20.7 Å². The van der Waals surface area contributed by atoms with E-state index >= 15 is 0 Å². The van der Waals surface area contributed by atoms with Gasteiger partial charge in [0, 0.05) is 16.9 Å². The summed E-state index contributed by atoms with van der Waals surface area (Å²) in [5, 5.41) is 0.196. The number of nitrogens with one attached hydrogen (secondary N) is 1.